The molecule has 1 saturated carbocycles. The van der Waals surface area contributed by atoms with Crippen LogP contribution in [0.25, 0.3) is 0 Å². The fraction of sp³-hybridized carbons (Fsp3) is 0.733. The number of hydrogen-bond acceptors (Lipinski definition) is 4. The summed E-state index contributed by atoms with van der Waals surface area (Å²) in [6.45, 7) is 4.80. The fourth-order valence-electron chi connectivity index (χ4n) is 3.34. The Morgan fingerprint density at radius 3 is 2.57 bits per heavy atom. The lowest BCUT2D eigenvalue weighted by molar-refractivity contribution is 0.236. The van der Waals surface area contributed by atoms with Gasteiger partial charge in [0, 0.05) is 6.54 Å². The number of thiophene rings is 1. The lowest BCUT2D eigenvalue weighted by Crippen LogP contribution is -2.36. The zero-order valence-electron chi connectivity index (χ0n) is 12.8. The van der Waals surface area contributed by atoms with Gasteiger partial charge < -0.3 is 5.11 Å². The maximum absolute atomic E-state index is 12.4. The molecule has 0 aliphatic heterocycles. The van der Waals surface area contributed by atoms with Crippen LogP contribution in [0.2, 0.25) is 0 Å². The summed E-state index contributed by atoms with van der Waals surface area (Å²) in [6, 6.07) is 1.55. The number of rotatable bonds is 7. The highest BCUT2D eigenvalue weighted by molar-refractivity contribution is 7.91. The molecule has 0 unspecified atom stereocenters. The number of nitrogens with one attached hydrogen (secondary N) is 1. The summed E-state index contributed by atoms with van der Waals surface area (Å²) in [5.41, 5.74) is 0.774. The van der Waals surface area contributed by atoms with Gasteiger partial charge in [-0.05, 0) is 47.6 Å². The Hall–Kier alpha value is -0.430. The van der Waals surface area contributed by atoms with E-state index >= 15 is 0 Å². The first-order valence-corrected chi connectivity index (χ1v) is 9.91. The van der Waals surface area contributed by atoms with Crippen molar-refractivity contribution in [1.82, 2.24) is 4.72 Å². The van der Waals surface area contributed by atoms with Gasteiger partial charge in [0.05, 0.1) is 6.61 Å². The van der Waals surface area contributed by atoms with Crippen molar-refractivity contribution in [3.63, 3.8) is 0 Å². The molecule has 21 heavy (non-hydrogen) atoms. The van der Waals surface area contributed by atoms with Crippen molar-refractivity contribution in [3.8, 4) is 0 Å². The van der Waals surface area contributed by atoms with E-state index in [0.717, 1.165) is 19.3 Å². The molecule has 1 heterocycles. The molecule has 2 N–H and O–H groups in total. The minimum Gasteiger partial charge on any atom is -0.392 e. The van der Waals surface area contributed by atoms with Crippen LogP contribution < -0.4 is 4.72 Å². The van der Waals surface area contributed by atoms with Gasteiger partial charge in [0.25, 0.3) is 0 Å². The summed E-state index contributed by atoms with van der Waals surface area (Å²) in [5, 5.41) is 10.7. The lowest BCUT2D eigenvalue weighted by atomic mass is 9.79. The predicted molar refractivity (Wildman–Crippen MR) is 85.8 cm³/mol. The second-order valence-corrected chi connectivity index (χ2v) is 9.47. The fourth-order valence-corrected chi connectivity index (χ4v) is 5.74. The molecule has 6 heteroatoms. The van der Waals surface area contributed by atoms with E-state index in [9.17, 15) is 8.42 Å². The molecule has 0 bridgehead atoms. The van der Waals surface area contributed by atoms with Crippen LogP contribution in [-0.2, 0) is 16.6 Å². The zero-order chi connectivity index (χ0) is 15.5. The van der Waals surface area contributed by atoms with Crippen molar-refractivity contribution in [2.24, 2.45) is 11.3 Å². The third kappa shape index (κ3) is 4.28. The average molecular weight is 332 g/mol. The zero-order valence-corrected chi connectivity index (χ0v) is 14.4. The minimum atomic E-state index is -3.45. The summed E-state index contributed by atoms with van der Waals surface area (Å²) in [5.74, 6) is 0.579. The normalized spacial score (nSPS) is 18.5. The molecular weight excluding hydrogens is 306 g/mol. The first kappa shape index (κ1) is 16.9. The molecule has 0 amide bonds. The second-order valence-electron chi connectivity index (χ2n) is 6.56. The number of aliphatic hydroxyl groups excluding tert-OH is 1. The topological polar surface area (TPSA) is 66.4 Å². The Bertz CT molecular complexity index is 557. The van der Waals surface area contributed by atoms with Crippen LogP contribution in [-0.4, -0.2) is 20.1 Å². The SMILES string of the molecule is CC(C)CC1(CNS(=O)(=O)c2cc(CO)cs2)CCCC1. The highest BCUT2D eigenvalue weighted by Gasteiger charge is 2.35. The molecule has 120 valence electrons. The minimum absolute atomic E-state index is 0.122. The van der Waals surface area contributed by atoms with Crippen molar-refractivity contribution in [1.29, 1.82) is 0 Å². The Morgan fingerprint density at radius 2 is 2.05 bits per heavy atom. The first-order valence-electron chi connectivity index (χ1n) is 7.55. The van der Waals surface area contributed by atoms with E-state index in [4.69, 9.17) is 5.11 Å². The van der Waals surface area contributed by atoms with Crippen molar-refractivity contribution < 1.29 is 13.5 Å². The van der Waals surface area contributed by atoms with E-state index in [0.29, 0.717) is 22.2 Å². The molecule has 1 fully saturated rings. The molecule has 0 saturated heterocycles. The lowest BCUT2D eigenvalue weighted by Gasteiger charge is -2.31. The predicted octanol–water partition coefficient (Wildman–Crippen LogP) is 3.13. The van der Waals surface area contributed by atoms with Gasteiger partial charge in [0.2, 0.25) is 10.0 Å². The van der Waals surface area contributed by atoms with Crippen molar-refractivity contribution in [2.75, 3.05) is 6.54 Å². The van der Waals surface area contributed by atoms with Gasteiger partial charge >= 0.3 is 0 Å². The Morgan fingerprint density at radius 1 is 1.38 bits per heavy atom. The third-order valence-electron chi connectivity index (χ3n) is 4.22. The summed E-state index contributed by atoms with van der Waals surface area (Å²) in [6.07, 6.45) is 5.69. The van der Waals surface area contributed by atoms with Crippen molar-refractivity contribution in [2.45, 2.75) is 56.8 Å². The van der Waals surface area contributed by atoms with Crippen LogP contribution in [0, 0.1) is 11.3 Å². The standard InChI is InChI=1S/C15H25NO3S2/c1-12(2)8-15(5-3-4-6-15)11-16-21(18,19)14-7-13(9-17)10-20-14/h7,10,12,16-17H,3-6,8-9,11H2,1-2H3. The summed E-state index contributed by atoms with van der Waals surface area (Å²) < 4.78 is 27.8. The van der Waals surface area contributed by atoms with Crippen LogP contribution in [0.15, 0.2) is 15.7 Å². The average Bonchev–Trinajstić information content (AvgIpc) is 3.05. The van der Waals surface area contributed by atoms with Gasteiger partial charge in [-0.3, -0.25) is 0 Å². The van der Waals surface area contributed by atoms with Crippen molar-refractivity contribution in [3.05, 3.63) is 17.0 Å². The molecule has 0 atom stereocenters. The summed E-state index contributed by atoms with van der Waals surface area (Å²) >= 11 is 1.17. The third-order valence-corrected chi connectivity index (χ3v) is 7.11. The van der Waals surface area contributed by atoms with Crippen LogP contribution in [0.1, 0.15) is 51.5 Å². The maximum atomic E-state index is 12.4. The highest BCUT2D eigenvalue weighted by atomic mass is 32.2. The van der Waals surface area contributed by atoms with Gasteiger partial charge in [-0.1, -0.05) is 26.7 Å². The van der Waals surface area contributed by atoms with E-state index in [1.165, 1.54) is 24.2 Å². The van der Waals surface area contributed by atoms with E-state index in [1.54, 1.807) is 11.4 Å². The van der Waals surface area contributed by atoms with Crippen LogP contribution >= 0.6 is 11.3 Å². The molecule has 4 nitrogen and oxygen atoms in total. The molecule has 1 aromatic heterocycles. The van der Waals surface area contributed by atoms with Crippen LogP contribution in [0.3, 0.4) is 0 Å². The summed E-state index contributed by atoms with van der Waals surface area (Å²) in [7, 11) is -3.45. The van der Waals surface area contributed by atoms with Crippen molar-refractivity contribution >= 4 is 21.4 Å². The second kappa shape index (κ2) is 6.77. The van der Waals surface area contributed by atoms with Gasteiger partial charge in [0.1, 0.15) is 4.21 Å². The van der Waals surface area contributed by atoms with E-state index in [-0.39, 0.29) is 12.0 Å². The van der Waals surface area contributed by atoms with Crippen LogP contribution in [0.5, 0.6) is 0 Å². The highest BCUT2D eigenvalue weighted by Crippen LogP contribution is 2.42. The molecular formula is C15H25NO3S2. The quantitative estimate of drug-likeness (QED) is 0.807. The van der Waals surface area contributed by atoms with Crippen LogP contribution in [0.4, 0.5) is 0 Å². The first-order chi connectivity index (χ1) is 9.87. The van der Waals surface area contributed by atoms with Gasteiger partial charge in [-0.25, -0.2) is 13.1 Å². The molecule has 1 aliphatic carbocycles. The monoisotopic (exact) mass is 331 g/mol. The molecule has 0 spiro atoms. The van der Waals surface area contributed by atoms with E-state index in [2.05, 4.69) is 18.6 Å². The molecule has 0 aromatic carbocycles. The smallest absolute Gasteiger partial charge is 0.250 e. The largest absolute Gasteiger partial charge is 0.392 e. The van der Waals surface area contributed by atoms with Gasteiger partial charge in [0.15, 0.2) is 0 Å². The summed E-state index contributed by atoms with van der Waals surface area (Å²) in [4.78, 5) is 0. The Labute approximate surface area is 131 Å². The number of sulfonamides is 1. The van der Waals surface area contributed by atoms with Gasteiger partial charge in [-0.15, -0.1) is 11.3 Å². The Balaban J connectivity index is 2.05. The van der Waals surface area contributed by atoms with E-state index in [1.807, 2.05) is 0 Å². The van der Waals surface area contributed by atoms with E-state index < -0.39 is 10.0 Å². The number of hydrogen-bond donors (Lipinski definition) is 2. The number of aliphatic hydroxyl groups is 1. The molecule has 2 rings (SSSR count). The molecule has 1 aliphatic rings. The molecule has 1 aromatic rings. The van der Waals surface area contributed by atoms with Gasteiger partial charge in [-0.2, -0.15) is 0 Å². The Kier molecular flexibility index (Phi) is 5.46. The maximum Gasteiger partial charge on any atom is 0.250 e. The molecule has 0 radical (unpaired) electrons.